The van der Waals surface area contributed by atoms with Crippen LogP contribution in [0.15, 0.2) is 30.3 Å². The van der Waals surface area contributed by atoms with E-state index in [1.165, 1.54) is 5.56 Å². The second kappa shape index (κ2) is 8.07. The Bertz CT molecular complexity index is 798. The zero-order chi connectivity index (χ0) is 19.6. The minimum Gasteiger partial charge on any atom is -0.363 e. The Morgan fingerprint density at radius 3 is 2.52 bits per heavy atom. The van der Waals surface area contributed by atoms with Gasteiger partial charge in [0.05, 0.1) is 5.69 Å². The molecule has 0 spiro atoms. The molecule has 0 bridgehead atoms. The lowest BCUT2D eigenvalue weighted by Crippen LogP contribution is -2.39. The molecule has 1 amide bonds. The molecule has 3 rings (SSSR count). The molecule has 0 radical (unpaired) electrons. The summed E-state index contributed by atoms with van der Waals surface area (Å²) in [6.45, 7) is 7.79. The fourth-order valence-electron chi connectivity index (χ4n) is 3.61. The van der Waals surface area contributed by atoms with E-state index < -0.39 is 0 Å². The summed E-state index contributed by atoms with van der Waals surface area (Å²) in [7, 11) is 3.98. The molecular weight excluding hydrogens is 336 g/mol. The number of carbonyl (C=O) groups excluding carboxylic acids is 1. The predicted octanol–water partition coefficient (Wildman–Crippen LogP) is 3.99. The molecule has 1 aliphatic rings. The first-order chi connectivity index (χ1) is 12.8. The Hall–Kier alpha value is -2.43. The fourth-order valence-corrected chi connectivity index (χ4v) is 3.61. The number of aromatic nitrogens is 2. The normalized spacial score (nSPS) is 17.3. The molecule has 0 aliphatic carbocycles. The Labute approximate surface area is 162 Å². The molecular formula is C22H30N4O. The van der Waals surface area contributed by atoms with E-state index in [0.717, 1.165) is 42.3 Å². The van der Waals surface area contributed by atoms with Crippen LogP contribution in [0.3, 0.4) is 0 Å². The third-order valence-corrected chi connectivity index (χ3v) is 5.25. The fraction of sp³-hybridized carbons (Fsp3) is 0.500. The summed E-state index contributed by atoms with van der Waals surface area (Å²) < 4.78 is 0. The van der Waals surface area contributed by atoms with Crippen LogP contribution in [0.2, 0.25) is 0 Å². The van der Waals surface area contributed by atoms with E-state index in [1.54, 1.807) is 0 Å². The van der Waals surface area contributed by atoms with Crippen LogP contribution in [-0.2, 0) is 0 Å². The van der Waals surface area contributed by atoms with Crippen molar-refractivity contribution >= 4 is 11.7 Å². The van der Waals surface area contributed by atoms with Crippen LogP contribution in [0.25, 0.3) is 0 Å². The van der Waals surface area contributed by atoms with Gasteiger partial charge in [-0.05, 0) is 43.4 Å². The lowest BCUT2D eigenvalue weighted by atomic mass is 9.93. The number of carbonyl (C=O) groups is 1. The van der Waals surface area contributed by atoms with E-state index in [0.29, 0.717) is 12.5 Å². The minimum atomic E-state index is 0.119. The van der Waals surface area contributed by atoms with Crippen LogP contribution in [0.1, 0.15) is 66.0 Å². The molecule has 1 unspecified atom stereocenters. The summed E-state index contributed by atoms with van der Waals surface area (Å²) in [5, 5.41) is 0. The number of aryl methyl sites for hydroxylation is 1. The van der Waals surface area contributed by atoms with Crippen molar-refractivity contribution in [2.45, 2.75) is 45.4 Å². The third kappa shape index (κ3) is 4.46. The Balaban J connectivity index is 1.77. The van der Waals surface area contributed by atoms with Gasteiger partial charge in [0.25, 0.3) is 5.91 Å². The summed E-state index contributed by atoms with van der Waals surface area (Å²) >= 11 is 0. The van der Waals surface area contributed by atoms with Gasteiger partial charge in [0.1, 0.15) is 11.6 Å². The van der Waals surface area contributed by atoms with Gasteiger partial charge in [-0.1, -0.05) is 26.0 Å². The Morgan fingerprint density at radius 2 is 1.89 bits per heavy atom. The summed E-state index contributed by atoms with van der Waals surface area (Å²) in [5.41, 5.74) is 3.07. The smallest absolute Gasteiger partial charge is 0.253 e. The number of anilines is 1. The van der Waals surface area contributed by atoms with Crippen molar-refractivity contribution in [3.05, 3.63) is 53.0 Å². The highest BCUT2D eigenvalue weighted by Gasteiger charge is 2.27. The quantitative estimate of drug-likeness (QED) is 0.821. The van der Waals surface area contributed by atoms with Crippen molar-refractivity contribution < 1.29 is 4.79 Å². The van der Waals surface area contributed by atoms with E-state index in [2.05, 4.69) is 42.0 Å². The van der Waals surface area contributed by atoms with Crippen LogP contribution in [0, 0.1) is 6.92 Å². The van der Waals surface area contributed by atoms with Crippen LogP contribution in [0.4, 0.5) is 5.82 Å². The number of amides is 1. The molecule has 5 nitrogen and oxygen atoms in total. The highest BCUT2D eigenvalue weighted by Crippen LogP contribution is 2.28. The standard InChI is InChI=1S/C22H30N4O/c1-15(2)17-8-10-18(11-9-17)22(27)26-12-6-7-19(14-26)20-13-21(25(4)5)24-16(3)23-20/h8-11,13,15,19H,6-7,12,14H2,1-5H3. The highest BCUT2D eigenvalue weighted by molar-refractivity contribution is 5.94. The van der Waals surface area contributed by atoms with Crippen molar-refractivity contribution in [3.8, 4) is 0 Å². The molecule has 0 saturated carbocycles. The molecule has 27 heavy (non-hydrogen) atoms. The largest absolute Gasteiger partial charge is 0.363 e. The van der Waals surface area contributed by atoms with Gasteiger partial charge in [-0.15, -0.1) is 0 Å². The summed E-state index contributed by atoms with van der Waals surface area (Å²) in [4.78, 5) is 26.1. The van der Waals surface area contributed by atoms with Gasteiger partial charge in [-0.25, -0.2) is 9.97 Å². The monoisotopic (exact) mass is 366 g/mol. The van der Waals surface area contributed by atoms with Crippen LogP contribution in [-0.4, -0.2) is 48.0 Å². The number of nitrogens with zero attached hydrogens (tertiary/aromatic N) is 4. The van der Waals surface area contributed by atoms with E-state index in [9.17, 15) is 4.79 Å². The molecule has 5 heteroatoms. The molecule has 0 N–H and O–H groups in total. The van der Waals surface area contributed by atoms with Gasteiger partial charge in [0.2, 0.25) is 0 Å². The highest BCUT2D eigenvalue weighted by atomic mass is 16.2. The first kappa shape index (κ1) is 19.3. The van der Waals surface area contributed by atoms with E-state index in [4.69, 9.17) is 0 Å². The zero-order valence-electron chi connectivity index (χ0n) is 17.1. The molecule has 144 valence electrons. The maximum Gasteiger partial charge on any atom is 0.253 e. The first-order valence-corrected chi connectivity index (χ1v) is 9.77. The van der Waals surface area contributed by atoms with Crippen molar-refractivity contribution in [1.29, 1.82) is 0 Å². The lowest BCUT2D eigenvalue weighted by Gasteiger charge is -2.33. The third-order valence-electron chi connectivity index (χ3n) is 5.25. The SMILES string of the molecule is Cc1nc(C2CCCN(C(=O)c3ccc(C(C)C)cc3)C2)cc(N(C)C)n1. The molecule has 1 aromatic heterocycles. The van der Waals surface area contributed by atoms with Crippen LogP contribution in [0.5, 0.6) is 0 Å². The summed E-state index contributed by atoms with van der Waals surface area (Å²) in [6.07, 6.45) is 2.06. The number of benzene rings is 1. The Morgan fingerprint density at radius 1 is 1.19 bits per heavy atom. The molecule has 1 atom stereocenters. The number of hydrogen-bond acceptors (Lipinski definition) is 4. The number of rotatable bonds is 4. The number of hydrogen-bond donors (Lipinski definition) is 0. The topological polar surface area (TPSA) is 49.3 Å². The Kier molecular flexibility index (Phi) is 5.78. The van der Waals surface area contributed by atoms with Gasteiger partial charge >= 0.3 is 0 Å². The van der Waals surface area contributed by atoms with E-state index in [1.807, 2.05) is 43.0 Å². The average molecular weight is 367 g/mol. The average Bonchev–Trinajstić information content (AvgIpc) is 2.67. The number of piperidine rings is 1. The molecule has 1 saturated heterocycles. The molecule has 2 heterocycles. The van der Waals surface area contributed by atoms with Crippen LogP contribution < -0.4 is 4.90 Å². The van der Waals surface area contributed by atoms with Crippen molar-refractivity contribution in [2.75, 3.05) is 32.1 Å². The number of likely N-dealkylation sites (tertiary alicyclic amines) is 1. The summed E-state index contributed by atoms with van der Waals surface area (Å²) in [6, 6.07) is 10.1. The minimum absolute atomic E-state index is 0.119. The van der Waals surface area contributed by atoms with Gasteiger partial charge in [-0.3, -0.25) is 4.79 Å². The van der Waals surface area contributed by atoms with Gasteiger partial charge in [-0.2, -0.15) is 0 Å². The lowest BCUT2D eigenvalue weighted by molar-refractivity contribution is 0.0706. The zero-order valence-corrected chi connectivity index (χ0v) is 17.1. The van der Waals surface area contributed by atoms with Gasteiger partial charge in [0.15, 0.2) is 0 Å². The summed E-state index contributed by atoms with van der Waals surface area (Å²) in [5.74, 6) is 2.56. The van der Waals surface area contributed by atoms with Gasteiger partial charge < -0.3 is 9.80 Å². The maximum atomic E-state index is 13.0. The second-order valence-corrected chi connectivity index (χ2v) is 7.96. The van der Waals surface area contributed by atoms with Gasteiger partial charge in [0, 0.05) is 44.7 Å². The van der Waals surface area contributed by atoms with Crippen molar-refractivity contribution in [2.24, 2.45) is 0 Å². The van der Waals surface area contributed by atoms with E-state index in [-0.39, 0.29) is 11.8 Å². The van der Waals surface area contributed by atoms with E-state index >= 15 is 0 Å². The molecule has 1 aromatic carbocycles. The molecule has 1 aliphatic heterocycles. The van der Waals surface area contributed by atoms with Crippen molar-refractivity contribution in [1.82, 2.24) is 14.9 Å². The first-order valence-electron chi connectivity index (χ1n) is 9.77. The van der Waals surface area contributed by atoms with Crippen LogP contribution >= 0.6 is 0 Å². The molecule has 2 aromatic rings. The maximum absolute atomic E-state index is 13.0. The molecule has 1 fully saturated rings. The van der Waals surface area contributed by atoms with Crippen molar-refractivity contribution in [3.63, 3.8) is 0 Å². The second-order valence-electron chi connectivity index (χ2n) is 7.96. The predicted molar refractivity (Wildman–Crippen MR) is 110 cm³/mol.